The van der Waals surface area contributed by atoms with Gasteiger partial charge in [0.1, 0.15) is 5.75 Å². The number of fused-ring (bicyclic) bond motifs is 1. The number of anilines is 1. The molecule has 3 rings (SSSR count). The number of nitrogens with one attached hydrogen (secondary N) is 1. The molecule has 1 N–H and O–H groups in total. The van der Waals surface area contributed by atoms with Crippen LogP contribution in [0.5, 0.6) is 5.75 Å². The molecule has 0 spiro atoms. The smallest absolute Gasteiger partial charge is 0.125 e. The summed E-state index contributed by atoms with van der Waals surface area (Å²) in [6, 6.07) is 6.89. The summed E-state index contributed by atoms with van der Waals surface area (Å²) < 4.78 is 8.87. The summed E-state index contributed by atoms with van der Waals surface area (Å²) in [7, 11) is 0. The molecule has 0 radical (unpaired) electrons. The molecule has 0 saturated heterocycles. The second-order valence-electron chi connectivity index (χ2n) is 5.67. The van der Waals surface area contributed by atoms with Crippen molar-refractivity contribution in [2.75, 3.05) is 11.9 Å². The van der Waals surface area contributed by atoms with E-state index in [4.69, 9.17) is 4.74 Å². The molecule has 112 valence electrons. The topological polar surface area (TPSA) is 39.1 Å². The first-order valence-corrected chi connectivity index (χ1v) is 8.16. The highest BCUT2D eigenvalue weighted by Gasteiger charge is 2.20. The third kappa shape index (κ3) is 3.23. The lowest BCUT2D eigenvalue weighted by Gasteiger charge is -2.18. The van der Waals surface area contributed by atoms with Crippen molar-refractivity contribution in [3.63, 3.8) is 0 Å². The average Bonchev–Trinajstić information content (AvgIpc) is 2.83. The summed E-state index contributed by atoms with van der Waals surface area (Å²) in [5.41, 5.74) is 2.28. The van der Waals surface area contributed by atoms with Gasteiger partial charge in [-0.3, -0.25) is 4.68 Å². The van der Waals surface area contributed by atoms with Gasteiger partial charge in [0.15, 0.2) is 0 Å². The number of hydrogen-bond acceptors (Lipinski definition) is 3. The minimum absolute atomic E-state index is 0.264. The van der Waals surface area contributed by atoms with Crippen molar-refractivity contribution in [3.8, 4) is 5.75 Å². The van der Waals surface area contributed by atoms with E-state index in [2.05, 4.69) is 58.5 Å². The Hall–Kier alpha value is -1.49. The van der Waals surface area contributed by atoms with E-state index in [0.717, 1.165) is 35.4 Å². The SMILES string of the molecule is CC(C)n1cc(NC2CCCOc3cc(Br)ccc32)cn1. The Labute approximate surface area is 133 Å². The molecule has 1 aliphatic rings. The van der Waals surface area contributed by atoms with Gasteiger partial charge in [0, 0.05) is 22.3 Å². The van der Waals surface area contributed by atoms with Crippen molar-refractivity contribution in [2.24, 2.45) is 0 Å². The Balaban J connectivity index is 1.84. The molecule has 5 heteroatoms. The van der Waals surface area contributed by atoms with E-state index in [-0.39, 0.29) is 6.04 Å². The van der Waals surface area contributed by atoms with Crippen LogP contribution < -0.4 is 10.1 Å². The van der Waals surface area contributed by atoms with E-state index >= 15 is 0 Å². The molecular weight excluding hydrogens is 330 g/mol. The van der Waals surface area contributed by atoms with Crippen molar-refractivity contribution in [1.82, 2.24) is 9.78 Å². The van der Waals surface area contributed by atoms with Gasteiger partial charge in [0.2, 0.25) is 0 Å². The van der Waals surface area contributed by atoms with Crippen LogP contribution in [0.3, 0.4) is 0 Å². The molecule has 0 saturated carbocycles. The zero-order valence-electron chi connectivity index (χ0n) is 12.3. The minimum atomic E-state index is 0.264. The van der Waals surface area contributed by atoms with E-state index in [9.17, 15) is 0 Å². The second-order valence-corrected chi connectivity index (χ2v) is 6.59. The molecule has 0 amide bonds. The van der Waals surface area contributed by atoms with Gasteiger partial charge in [-0.15, -0.1) is 0 Å². The monoisotopic (exact) mass is 349 g/mol. The average molecular weight is 350 g/mol. The second kappa shape index (κ2) is 6.10. The zero-order valence-corrected chi connectivity index (χ0v) is 13.9. The van der Waals surface area contributed by atoms with Crippen molar-refractivity contribution in [3.05, 3.63) is 40.6 Å². The molecule has 2 heterocycles. The van der Waals surface area contributed by atoms with Crippen LogP contribution in [-0.4, -0.2) is 16.4 Å². The summed E-state index contributed by atoms with van der Waals surface area (Å²) in [6.07, 6.45) is 6.06. The standard InChI is InChI=1S/C16H20BrN3O/c1-11(2)20-10-13(9-18-20)19-15-4-3-7-21-16-8-12(17)5-6-14(15)16/h5-6,8-11,15,19H,3-4,7H2,1-2H3. The van der Waals surface area contributed by atoms with E-state index in [1.165, 1.54) is 5.56 Å². The molecule has 4 nitrogen and oxygen atoms in total. The minimum Gasteiger partial charge on any atom is -0.493 e. The molecule has 1 aromatic carbocycles. The van der Waals surface area contributed by atoms with Gasteiger partial charge >= 0.3 is 0 Å². The zero-order chi connectivity index (χ0) is 14.8. The maximum atomic E-state index is 5.85. The third-order valence-electron chi connectivity index (χ3n) is 3.72. The summed E-state index contributed by atoms with van der Waals surface area (Å²) in [6.45, 7) is 5.03. The van der Waals surface area contributed by atoms with Crippen LogP contribution in [0, 0.1) is 0 Å². The fraction of sp³-hybridized carbons (Fsp3) is 0.438. The molecule has 0 bridgehead atoms. The molecule has 1 aromatic heterocycles. The highest BCUT2D eigenvalue weighted by Crippen LogP contribution is 2.35. The number of rotatable bonds is 3. The molecule has 1 aliphatic heterocycles. The van der Waals surface area contributed by atoms with E-state index in [1.54, 1.807) is 0 Å². The number of hydrogen-bond donors (Lipinski definition) is 1. The van der Waals surface area contributed by atoms with Crippen molar-refractivity contribution < 1.29 is 4.74 Å². The Bertz CT molecular complexity index is 624. The third-order valence-corrected chi connectivity index (χ3v) is 4.21. The maximum absolute atomic E-state index is 5.85. The van der Waals surface area contributed by atoms with Crippen molar-refractivity contribution in [1.29, 1.82) is 0 Å². The van der Waals surface area contributed by atoms with Crippen LogP contribution in [-0.2, 0) is 0 Å². The number of ether oxygens (including phenoxy) is 1. The first-order chi connectivity index (χ1) is 10.1. The normalized spacial score (nSPS) is 18.0. The van der Waals surface area contributed by atoms with Crippen molar-refractivity contribution in [2.45, 2.75) is 38.8 Å². The van der Waals surface area contributed by atoms with Crippen LogP contribution >= 0.6 is 15.9 Å². The molecular formula is C16H20BrN3O. The first kappa shape index (κ1) is 14.4. The number of halogens is 1. The van der Waals surface area contributed by atoms with Gasteiger partial charge in [-0.05, 0) is 38.8 Å². The lowest BCUT2D eigenvalue weighted by molar-refractivity contribution is 0.316. The predicted molar refractivity (Wildman–Crippen MR) is 87.8 cm³/mol. The van der Waals surface area contributed by atoms with Crippen LogP contribution in [0.15, 0.2) is 35.1 Å². The summed E-state index contributed by atoms with van der Waals surface area (Å²) in [4.78, 5) is 0. The Kier molecular flexibility index (Phi) is 4.19. The van der Waals surface area contributed by atoms with Gasteiger partial charge in [0.05, 0.1) is 24.5 Å². The van der Waals surface area contributed by atoms with Crippen LogP contribution in [0.25, 0.3) is 0 Å². The van der Waals surface area contributed by atoms with E-state index in [1.807, 2.05) is 16.9 Å². The lowest BCUT2D eigenvalue weighted by atomic mass is 10.0. The van der Waals surface area contributed by atoms with Crippen molar-refractivity contribution >= 4 is 21.6 Å². The van der Waals surface area contributed by atoms with Gasteiger partial charge in [-0.1, -0.05) is 22.0 Å². The fourth-order valence-electron chi connectivity index (χ4n) is 2.59. The molecule has 21 heavy (non-hydrogen) atoms. The number of nitrogens with zero attached hydrogens (tertiary/aromatic N) is 2. The summed E-state index contributed by atoms with van der Waals surface area (Å²) >= 11 is 3.51. The molecule has 1 unspecified atom stereocenters. The van der Waals surface area contributed by atoms with E-state index in [0.29, 0.717) is 6.04 Å². The Morgan fingerprint density at radius 3 is 3.05 bits per heavy atom. The quantitative estimate of drug-likeness (QED) is 0.883. The molecule has 0 aliphatic carbocycles. The first-order valence-electron chi connectivity index (χ1n) is 7.36. The van der Waals surface area contributed by atoms with Gasteiger partial charge in [-0.2, -0.15) is 5.10 Å². The number of aromatic nitrogens is 2. The number of benzene rings is 1. The van der Waals surface area contributed by atoms with Crippen LogP contribution in [0.2, 0.25) is 0 Å². The lowest BCUT2D eigenvalue weighted by Crippen LogP contribution is -2.09. The predicted octanol–water partition coefficient (Wildman–Crippen LogP) is 4.55. The Morgan fingerprint density at radius 2 is 2.29 bits per heavy atom. The van der Waals surface area contributed by atoms with Crippen LogP contribution in [0.1, 0.15) is 44.3 Å². The highest BCUT2D eigenvalue weighted by atomic mass is 79.9. The molecule has 0 fully saturated rings. The van der Waals surface area contributed by atoms with E-state index < -0.39 is 0 Å². The van der Waals surface area contributed by atoms with Gasteiger partial charge in [-0.25, -0.2) is 0 Å². The Morgan fingerprint density at radius 1 is 1.43 bits per heavy atom. The van der Waals surface area contributed by atoms with Gasteiger partial charge < -0.3 is 10.1 Å². The van der Waals surface area contributed by atoms with Crippen LogP contribution in [0.4, 0.5) is 5.69 Å². The van der Waals surface area contributed by atoms with Gasteiger partial charge in [0.25, 0.3) is 0 Å². The fourth-order valence-corrected chi connectivity index (χ4v) is 2.93. The summed E-state index contributed by atoms with van der Waals surface area (Å²) in [5.74, 6) is 0.968. The highest BCUT2D eigenvalue weighted by molar-refractivity contribution is 9.10. The molecule has 1 atom stereocenters. The maximum Gasteiger partial charge on any atom is 0.125 e. The summed E-state index contributed by atoms with van der Waals surface area (Å²) in [5, 5.41) is 7.98. The largest absolute Gasteiger partial charge is 0.493 e. The molecule has 2 aromatic rings.